The van der Waals surface area contributed by atoms with Gasteiger partial charge in [-0.05, 0) is 37.5 Å². The van der Waals surface area contributed by atoms with Crippen molar-refractivity contribution in [2.24, 2.45) is 0 Å². The van der Waals surface area contributed by atoms with E-state index in [0.717, 1.165) is 18.9 Å². The van der Waals surface area contributed by atoms with Crippen molar-refractivity contribution in [3.63, 3.8) is 0 Å². The van der Waals surface area contributed by atoms with Gasteiger partial charge in [-0.2, -0.15) is 0 Å². The fourth-order valence-electron chi connectivity index (χ4n) is 2.66. The van der Waals surface area contributed by atoms with E-state index in [1.165, 1.54) is 19.3 Å². The molecule has 2 amide bonds. The number of carbonyl (C=O) groups is 1. The van der Waals surface area contributed by atoms with Crippen LogP contribution in [-0.4, -0.2) is 29.1 Å². The first kappa shape index (κ1) is 16.5. The molecule has 1 saturated heterocycles. The molecule has 1 aliphatic heterocycles. The largest absolute Gasteiger partial charge is 0.357 e. The highest BCUT2D eigenvalue weighted by atomic mass is 35.5. The number of nitrogens with zero attached hydrogens (tertiary/aromatic N) is 3. The molecular weight excluding hydrogens is 326 g/mol. The highest BCUT2D eigenvalue weighted by molar-refractivity contribution is 6.33. The Kier molecular flexibility index (Phi) is 5.48. The van der Waals surface area contributed by atoms with Gasteiger partial charge in [0.25, 0.3) is 0 Å². The summed E-state index contributed by atoms with van der Waals surface area (Å²) in [5, 5.41) is 5.96. The van der Waals surface area contributed by atoms with Crippen LogP contribution in [0.2, 0.25) is 5.02 Å². The van der Waals surface area contributed by atoms with E-state index in [1.807, 2.05) is 18.2 Å². The van der Waals surface area contributed by atoms with Crippen molar-refractivity contribution < 1.29 is 4.79 Å². The summed E-state index contributed by atoms with van der Waals surface area (Å²) >= 11 is 6.02. The van der Waals surface area contributed by atoms with Crippen molar-refractivity contribution in [1.82, 2.24) is 15.3 Å². The number of hydrogen-bond acceptors (Lipinski definition) is 4. The molecular formula is C17H20ClN5O. The average Bonchev–Trinajstić information content (AvgIpc) is 2.63. The van der Waals surface area contributed by atoms with Crippen LogP contribution >= 0.6 is 11.6 Å². The second-order valence-corrected chi connectivity index (χ2v) is 6.07. The molecule has 7 heteroatoms. The zero-order valence-electron chi connectivity index (χ0n) is 13.3. The van der Waals surface area contributed by atoms with E-state index >= 15 is 0 Å². The molecule has 2 aromatic rings. The third-order valence-corrected chi connectivity index (χ3v) is 4.23. The minimum Gasteiger partial charge on any atom is -0.357 e. The fraction of sp³-hybridized carbons (Fsp3) is 0.353. The lowest BCUT2D eigenvalue weighted by atomic mass is 10.1. The van der Waals surface area contributed by atoms with Crippen LogP contribution in [0, 0.1) is 0 Å². The van der Waals surface area contributed by atoms with Crippen LogP contribution in [-0.2, 0) is 6.54 Å². The van der Waals surface area contributed by atoms with Crippen molar-refractivity contribution in [2.45, 2.75) is 25.8 Å². The summed E-state index contributed by atoms with van der Waals surface area (Å²) in [6.07, 6.45) is 5.40. The number of nitrogens with one attached hydrogen (secondary N) is 2. The first-order valence-corrected chi connectivity index (χ1v) is 8.46. The number of para-hydroxylation sites is 1. The topological polar surface area (TPSA) is 70.2 Å². The number of amides is 2. The van der Waals surface area contributed by atoms with Gasteiger partial charge in [0.05, 0.1) is 17.3 Å². The average molecular weight is 346 g/mol. The van der Waals surface area contributed by atoms with Crippen molar-refractivity contribution in [1.29, 1.82) is 0 Å². The Bertz CT molecular complexity index is 703. The van der Waals surface area contributed by atoms with Gasteiger partial charge in [0, 0.05) is 19.3 Å². The molecule has 3 rings (SSSR count). The van der Waals surface area contributed by atoms with Crippen molar-refractivity contribution in [2.75, 3.05) is 23.3 Å². The SMILES string of the molecule is O=C(NCc1nccc(N2CCCCC2)n1)Nc1ccccc1Cl. The standard InChI is InChI=1S/C17H20ClN5O/c18-13-6-2-3-7-14(13)21-17(24)20-12-15-19-9-8-16(22-15)23-10-4-1-5-11-23/h2-3,6-9H,1,4-5,10-12H2,(H2,20,21,24). The Morgan fingerprint density at radius 3 is 2.75 bits per heavy atom. The summed E-state index contributed by atoms with van der Waals surface area (Å²) in [4.78, 5) is 23.0. The molecule has 1 aromatic carbocycles. The highest BCUT2D eigenvalue weighted by Gasteiger charge is 2.13. The minimum atomic E-state index is -0.338. The first-order chi connectivity index (χ1) is 11.7. The van der Waals surface area contributed by atoms with Gasteiger partial charge in [0.15, 0.2) is 0 Å². The lowest BCUT2D eigenvalue weighted by Gasteiger charge is -2.27. The Balaban J connectivity index is 1.56. The molecule has 0 radical (unpaired) electrons. The van der Waals surface area contributed by atoms with Crippen LogP contribution in [0.5, 0.6) is 0 Å². The molecule has 1 aliphatic rings. The van der Waals surface area contributed by atoms with Crippen LogP contribution in [0.25, 0.3) is 0 Å². The second kappa shape index (κ2) is 7.97. The fourth-order valence-corrected chi connectivity index (χ4v) is 2.84. The van der Waals surface area contributed by atoms with E-state index in [1.54, 1.807) is 18.3 Å². The van der Waals surface area contributed by atoms with Crippen LogP contribution in [0.3, 0.4) is 0 Å². The maximum absolute atomic E-state index is 12.0. The molecule has 126 valence electrons. The van der Waals surface area contributed by atoms with E-state index in [0.29, 0.717) is 16.5 Å². The summed E-state index contributed by atoms with van der Waals surface area (Å²) in [5.41, 5.74) is 0.569. The number of hydrogen-bond donors (Lipinski definition) is 2. The molecule has 1 aromatic heterocycles. The molecule has 24 heavy (non-hydrogen) atoms. The van der Waals surface area contributed by atoms with Gasteiger partial charge in [-0.1, -0.05) is 23.7 Å². The highest BCUT2D eigenvalue weighted by Crippen LogP contribution is 2.20. The van der Waals surface area contributed by atoms with Gasteiger partial charge in [0.2, 0.25) is 0 Å². The van der Waals surface area contributed by atoms with Crippen molar-refractivity contribution >= 4 is 29.1 Å². The summed E-state index contributed by atoms with van der Waals surface area (Å²) in [6.45, 7) is 2.31. The monoisotopic (exact) mass is 345 g/mol. The maximum Gasteiger partial charge on any atom is 0.319 e. The van der Waals surface area contributed by atoms with E-state index in [2.05, 4.69) is 25.5 Å². The van der Waals surface area contributed by atoms with Crippen LogP contribution in [0.15, 0.2) is 36.5 Å². The van der Waals surface area contributed by atoms with Crippen LogP contribution in [0.1, 0.15) is 25.1 Å². The van der Waals surface area contributed by atoms with Gasteiger partial charge in [-0.15, -0.1) is 0 Å². The van der Waals surface area contributed by atoms with Gasteiger partial charge in [0.1, 0.15) is 11.6 Å². The molecule has 0 unspecified atom stereocenters. The molecule has 1 fully saturated rings. The Hall–Kier alpha value is -2.34. The third kappa shape index (κ3) is 4.35. The molecule has 0 atom stereocenters. The van der Waals surface area contributed by atoms with E-state index < -0.39 is 0 Å². The Morgan fingerprint density at radius 1 is 1.17 bits per heavy atom. The minimum absolute atomic E-state index is 0.262. The normalized spacial score (nSPS) is 14.3. The van der Waals surface area contributed by atoms with E-state index in [-0.39, 0.29) is 12.6 Å². The summed E-state index contributed by atoms with van der Waals surface area (Å²) < 4.78 is 0. The number of benzene rings is 1. The molecule has 0 bridgehead atoms. The Morgan fingerprint density at radius 2 is 1.96 bits per heavy atom. The Labute approximate surface area is 146 Å². The van der Waals surface area contributed by atoms with Crippen molar-refractivity contribution in [3.8, 4) is 0 Å². The number of anilines is 2. The van der Waals surface area contributed by atoms with Crippen LogP contribution < -0.4 is 15.5 Å². The van der Waals surface area contributed by atoms with E-state index in [4.69, 9.17) is 11.6 Å². The summed E-state index contributed by atoms with van der Waals surface area (Å²) in [7, 11) is 0. The number of piperidine rings is 1. The lowest BCUT2D eigenvalue weighted by molar-refractivity contribution is 0.251. The number of rotatable bonds is 4. The number of halogens is 1. The molecule has 2 heterocycles. The predicted octanol–water partition coefficient (Wildman–Crippen LogP) is 3.44. The smallest absolute Gasteiger partial charge is 0.319 e. The van der Waals surface area contributed by atoms with Gasteiger partial charge >= 0.3 is 6.03 Å². The first-order valence-electron chi connectivity index (χ1n) is 8.08. The quantitative estimate of drug-likeness (QED) is 0.890. The zero-order chi connectivity index (χ0) is 16.8. The molecule has 0 saturated carbocycles. The van der Waals surface area contributed by atoms with Crippen molar-refractivity contribution in [3.05, 3.63) is 47.4 Å². The number of carbonyl (C=O) groups excluding carboxylic acids is 1. The summed E-state index contributed by atoms with van der Waals surface area (Å²) in [5.74, 6) is 1.51. The molecule has 6 nitrogen and oxygen atoms in total. The second-order valence-electron chi connectivity index (χ2n) is 5.67. The number of urea groups is 1. The maximum atomic E-state index is 12.0. The zero-order valence-corrected chi connectivity index (χ0v) is 14.1. The molecule has 0 spiro atoms. The van der Waals surface area contributed by atoms with Gasteiger partial charge in [-0.3, -0.25) is 0 Å². The third-order valence-electron chi connectivity index (χ3n) is 3.90. The number of aromatic nitrogens is 2. The molecule has 2 N–H and O–H groups in total. The van der Waals surface area contributed by atoms with E-state index in [9.17, 15) is 4.79 Å². The van der Waals surface area contributed by atoms with Gasteiger partial charge in [-0.25, -0.2) is 14.8 Å². The molecule has 0 aliphatic carbocycles. The van der Waals surface area contributed by atoms with Gasteiger partial charge < -0.3 is 15.5 Å². The lowest BCUT2D eigenvalue weighted by Crippen LogP contribution is -2.31. The summed E-state index contributed by atoms with van der Waals surface area (Å²) in [6, 6.07) is 8.67. The predicted molar refractivity (Wildman–Crippen MR) is 95.4 cm³/mol. The van der Waals surface area contributed by atoms with Crippen LogP contribution in [0.4, 0.5) is 16.3 Å².